The van der Waals surface area contributed by atoms with Crippen molar-refractivity contribution in [2.45, 2.75) is 91.4 Å². The van der Waals surface area contributed by atoms with Gasteiger partial charge < -0.3 is 23.8 Å². The van der Waals surface area contributed by atoms with Gasteiger partial charge in [0.2, 0.25) is 0 Å². The van der Waals surface area contributed by atoms with Crippen LogP contribution in [0.15, 0.2) is 69.5 Å². The number of halogens is 2. The minimum absolute atomic E-state index is 0.100. The molecule has 284 valence electrons. The summed E-state index contributed by atoms with van der Waals surface area (Å²) in [5.74, 6) is -5.24. The molecule has 0 aliphatic heterocycles. The number of aryl methyl sites for hydroxylation is 2. The van der Waals surface area contributed by atoms with Gasteiger partial charge in [0, 0.05) is 30.0 Å². The average molecular weight is 737 g/mol. The molecule has 0 bridgehead atoms. The summed E-state index contributed by atoms with van der Waals surface area (Å²) in [5.41, 5.74) is 3.06. The molecule has 13 heteroatoms. The third-order valence-corrected chi connectivity index (χ3v) is 8.37. The molecule has 2 aromatic heterocycles. The standard InChI is InChI=1S/C40H46F2N2O9/c1-21(2)11-33(43-31(37(45)46)19-29-7-9-35(51-29)25-14-23(5)13-24(6)15-25)39(49)53-40(50)34(12-22(3)4)44-32(38(47)48)20-30-8-10-36(52-30)26-16-27(41)18-28(42)17-26/h7-10,13-18,21-22,31-34,43-44H,11-12,19-20H2,1-6H3,(H,45,46)(H,47,48). The molecule has 4 rings (SSSR count). The number of carbonyl (C=O) groups excluding carboxylic acids is 2. The molecular weight excluding hydrogens is 690 g/mol. The Kier molecular flexibility index (Phi) is 13.8. The van der Waals surface area contributed by atoms with Crippen LogP contribution >= 0.6 is 0 Å². The molecule has 53 heavy (non-hydrogen) atoms. The molecule has 4 unspecified atom stereocenters. The number of carboxylic acids is 2. The first-order valence-electron chi connectivity index (χ1n) is 17.4. The molecule has 0 radical (unpaired) electrons. The largest absolute Gasteiger partial charge is 0.480 e. The molecule has 2 heterocycles. The fourth-order valence-corrected chi connectivity index (χ4v) is 6.07. The molecule has 0 saturated heterocycles. The van der Waals surface area contributed by atoms with E-state index >= 15 is 0 Å². The van der Waals surface area contributed by atoms with Crippen molar-refractivity contribution in [2.24, 2.45) is 11.8 Å². The van der Waals surface area contributed by atoms with E-state index in [0.29, 0.717) is 17.6 Å². The smallest absolute Gasteiger partial charge is 0.330 e. The lowest BCUT2D eigenvalue weighted by Crippen LogP contribution is -2.52. The Labute approximate surface area is 306 Å². The Morgan fingerprint density at radius 2 is 1.02 bits per heavy atom. The van der Waals surface area contributed by atoms with E-state index in [4.69, 9.17) is 13.6 Å². The fraction of sp³-hybridized carbons (Fsp3) is 0.400. The third kappa shape index (κ3) is 11.9. The maximum atomic E-state index is 13.8. The number of carboxylic acid groups (broad SMARTS) is 2. The second-order valence-corrected chi connectivity index (χ2v) is 14.2. The number of hydrogen-bond acceptors (Lipinski definition) is 9. The SMILES string of the molecule is Cc1cc(C)cc(-c2ccc(CC(NC(CC(C)C)C(=O)OC(=O)C(CC(C)C)NC(Cc3ccc(-c4cc(F)cc(F)c4)o3)C(=O)O)C(=O)O)o2)c1. The van der Waals surface area contributed by atoms with Crippen LogP contribution in [0.3, 0.4) is 0 Å². The van der Waals surface area contributed by atoms with Gasteiger partial charge in [-0.25, -0.2) is 18.4 Å². The van der Waals surface area contributed by atoms with Gasteiger partial charge in [-0.3, -0.25) is 20.2 Å². The first-order valence-corrected chi connectivity index (χ1v) is 17.4. The van der Waals surface area contributed by atoms with Crippen molar-refractivity contribution in [1.29, 1.82) is 0 Å². The molecule has 0 aliphatic rings. The van der Waals surface area contributed by atoms with Crippen molar-refractivity contribution in [2.75, 3.05) is 0 Å². The van der Waals surface area contributed by atoms with Gasteiger partial charge in [0.15, 0.2) is 0 Å². The van der Waals surface area contributed by atoms with Gasteiger partial charge >= 0.3 is 23.9 Å². The molecule has 0 amide bonds. The molecule has 2 aromatic carbocycles. The summed E-state index contributed by atoms with van der Waals surface area (Å²) in [5, 5.41) is 25.7. The zero-order valence-corrected chi connectivity index (χ0v) is 30.6. The molecule has 11 nitrogen and oxygen atoms in total. The van der Waals surface area contributed by atoms with E-state index in [-0.39, 0.29) is 54.6 Å². The van der Waals surface area contributed by atoms with Gasteiger partial charge in [-0.05, 0) is 87.1 Å². The van der Waals surface area contributed by atoms with Crippen molar-refractivity contribution in [3.05, 3.63) is 94.9 Å². The lowest BCUT2D eigenvalue weighted by molar-refractivity contribution is -0.163. The van der Waals surface area contributed by atoms with Crippen LogP contribution in [-0.2, 0) is 36.8 Å². The average Bonchev–Trinajstić information content (AvgIpc) is 3.72. The zero-order chi connectivity index (χ0) is 39.0. The topological polar surface area (TPSA) is 168 Å². The van der Waals surface area contributed by atoms with Gasteiger partial charge in [0.05, 0.1) is 0 Å². The molecular formula is C40H46F2N2O9. The zero-order valence-electron chi connectivity index (χ0n) is 30.6. The van der Waals surface area contributed by atoms with Crippen LogP contribution < -0.4 is 10.6 Å². The van der Waals surface area contributed by atoms with E-state index in [1.807, 2.05) is 45.9 Å². The predicted molar refractivity (Wildman–Crippen MR) is 192 cm³/mol. The lowest BCUT2D eigenvalue weighted by atomic mass is 10.0. The van der Waals surface area contributed by atoms with Crippen LogP contribution in [0, 0.1) is 37.3 Å². The number of rotatable bonds is 18. The molecule has 0 saturated carbocycles. The highest BCUT2D eigenvalue weighted by atomic mass is 19.1. The Balaban J connectivity index is 1.47. The number of furan rings is 2. The summed E-state index contributed by atoms with van der Waals surface area (Å²) in [6, 6.07) is 10.0. The quantitative estimate of drug-likeness (QED) is 0.0621. The number of hydrogen-bond donors (Lipinski definition) is 4. The second kappa shape index (κ2) is 18.1. The fourth-order valence-electron chi connectivity index (χ4n) is 6.07. The summed E-state index contributed by atoms with van der Waals surface area (Å²) < 4.78 is 44.5. The van der Waals surface area contributed by atoms with E-state index in [1.165, 1.54) is 12.1 Å². The monoisotopic (exact) mass is 736 g/mol. The molecule has 0 spiro atoms. The number of ether oxygens (including phenoxy) is 1. The van der Waals surface area contributed by atoms with Crippen LogP contribution in [0.5, 0.6) is 0 Å². The number of esters is 2. The first kappa shape index (κ1) is 40.6. The van der Waals surface area contributed by atoms with Crippen LogP contribution in [0.4, 0.5) is 8.78 Å². The third-order valence-electron chi connectivity index (χ3n) is 8.37. The maximum Gasteiger partial charge on any atom is 0.330 e. The van der Waals surface area contributed by atoms with Crippen LogP contribution in [0.25, 0.3) is 22.6 Å². The highest BCUT2D eigenvalue weighted by Gasteiger charge is 2.34. The minimum Gasteiger partial charge on any atom is -0.480 e. The minimum atomic E-state index is -1.38. The van der Waals surface area contributed by atoms with Gasteiger partial charge in [0.1, 0.15) is 58.8 Å². The highest BCUT2D eigenvalue weighted by Crippen LogP contribution is 2.27. The second-order valence-electron chi connectivity index (χ2n) is 14.2. The summed E-state index contributed by atoms with van der Waals surface area (Å²) in [6.45, 7) is 11.2. The van der Waals surface area contributed by atoms with E-state index in [2.05, 4.69) is 10.6 Å². The van der Waals surface area contributed by atoms with Crippen molar-refractivity contribution < 1.29 is 51.7 Å². The Morgan fingerprint density at radius 1 is 0.623 bits per heavy atom. The lowest BCUT2D eigenvalue weighted by Gasteiger charge is -2.25. The van der Waals surface area contributed by atoms with Gasteiger partial charge in [0.25, 0.3) is 0 Å². The van der Waals surface area contributed by atoms with E-state index in [1.54, 1.807) is 26.0 Å². The van der Waals surface area contributed by atoms with Crippen molar-refractivity contribution >= 4 is 23.9 Å². The molecule has 4 aromatic rings. The number of nitrogens with one attached hydrogen (secondary N) is 2. The Bertz CT molecular complexity index is 1740. The van der Waals surface area contributed by atoms with E-state index < -0.39 is 59.7 Å². The molecule has 0 fully saturated rings. The van der Waals surface area contributed by atoms with Crippen LogP contribution in [0.2, 0.25) is 0 Å². The maximum absolute atomic E-state index is 13.8. The van der Waals surface area contributed by atoms with Crippen LogP contribution in [0.1, 0.15) is 63.2 Å². The number of aliphatic carboxylic acids is 2. The molecule has 4 atom stereocenters. The summed E-state index contributed by atoms with van der Waals surface area (Å²) in [7, 11) is 0. The van der Waals surface area contributed by atoms with E-state index in [9.17, 15) is 38.2 Å². The van der Waals surface area contributed by atoms with Crippen molar-refractivity contribution in [3.63, 3.8) is 0 Å². The van der Waals surface area contributed by atoms with E-state index in [0.717, 1.165) is 28.8 Å². The highest BCUT2D eigenvalue weighted by molar-refractivity contribution is 5.91. The Morgan fingerprint density at radius 3 is 1.40 bits per heavy atom. The van der Waals surface area contributed by atoms with Gasteiger partial charge in [-0.2, -0.15) is 0 Å². The summed E-state index contributed by atoms with van der Waals surface area (Å²) in [6.07, 6.45) is -0.115. The van der Waals surface area contributed by atoms with Gasteiger partial charge in [-0.1, -0.05) is 44.9 Å². The molecule has 0 aliphatic carbocycles. The Hall–Kier alpha value is -5.14. The van der Waals surface area contributed by atoms with Crippen molar-refractivity contribution in [3.8, 4) is 22.6 Å². The predicted octanol–water partition coefficient (Wildman–Crippen LogP) is 6.87. The van der Waals surface area contributed by atoms with Crippen LogP contribution in [-0.4, -0.2) is 58.3 Å². The number of benzene rings is 2. The normalized spacial score (nSPS) is 13.8. The van der Waals surface area contributed by atoms with Crippen molar-refractivity contribution in [1.82, 2.24) is 10.6 Å². The molecule has 4 N–H and O–H groups in total. The van der Waals surface area contributed by atoms with Gasteiger partial charge in [-0.15, -0.1) is 0 Å². The number of carbonyl (C=O) groups is 4. The summed E-state index contributed by atoms with van der Waals surface area (Å²) >= 11 is 0. The first-order chi connectivity index (χ1) is 25.0. The summed E-state index contributed by atoms with van der Waals surface area (Å²) in [4.78, 5) is 51.7.